The van der Waals surface area contributed by atoms with Gasteiger partial charge in [-0.3, -0.25) is 0 Å². The molecule has 0 aromatic carbocycles. The van der Waals surface area contributed by atoms with Gasteiger partial charge in [-0.05, 0) is 19.8 Å². The lowest BCUT2D eigenvalue weighted by Crippen LogP contribution is -2.42. The van der Waals surface area contributed by atoms with Crippen LogP contribution < -0.4 is 5.32 Å². The van der Waals surface area contributed by atoms with Crippen molar-refractivity contribution in [2.45, 2.75) is 51.3 Å². The summed E-state index contributed by atoms with van der Waals surface area (Å²) >= 11 is 2.15. The average molecular weight is 244 g/mol. The van der Waals surface area contributed by atoms with Crippen molar-refractivity contribution in [1.82, 2.24) is 10.2 Å². The van der Waals surface area contributed by atoms with Gasteiger partial charge in [0.25, 0.3) is 0 Å². The van der Waals surface area contributed by atoms with E-state index in [-0.39, 0.29) is 0 Å². The first-order chi connectivity index (χ1) is 7.76. The molecule has 2 nitrogen and oxygen atoms in total. The Morgan fingerprint density at radius 1 is 1.44 bits per heavy atom. The standard InChI is InChI=1S/C13H28N2S/c1-4-6-12(3)14-7-8-15-9-10-16-13(5-2)11-15/h12-14H,4-11H2,1-3H3. The van der Waals surface area contributed by atoms with Crippen LogP contribution in [0.15, 0.2) is 0 Å². The highest BCUT2D eigenvalue weighted by Gasteiger charge is 2.18. The van der Waals surface area contributed by atoms with Crippen LogP contribution >= 0.6 is 11.8 Å². The second-order valence-electron chi connectivity index (χ2n) is 4.85. The van der Waals surface area contributed by atoms with E-state index >= 15 is 0 Å². The van der Waals surface area contributed by atoms with Crippen molar-refractivity contribution in [3.05, 3.63) is 0 Å². The molecule has 3 heteroatoms. The Balaban J connectivity index is 2.08. The fourth-order valence-corrected chi connectivity index (χ4v) is 3.48. The van der Waals surface area contributed by atoms with Crippen molar-refractivity contribution in [3.63, 3.8) is 0 Å². The summed E-state index contributed by atoms with van der Waals surface area (Å²) < 4.78 is 0. The molecule has 16 heavy (non-hydrogen) atoms. The molecule has 1 aliphatic heterocycles. The Labute approximate surface area is 106 Å². The third kappa shape index (κ3) is 5.55. The zero-order valence-corrected chi connectivity index (χ0v) is 12.0. The van der Waals surface area contributed by atoms with Crippen LogP contribution in [0, 0.1) is 0 Å². The van der Waals surface area contributed by atoms with E-state index in [9.17, 15) is 0 Å². The van der Waals surface area contributed by atoms with Gasteiger partial charge in [-0.25, -0.2) is 0 Å². The maximum atomic E-state index is 3.62. The quantitative estimate of drug-likeness (QED) is 0.741. The first-order valence-electron chi connectivity index (χ1n) is 6.83. The molecule has 0 aromatic heterocycles. The minimum absolute atomic E-state index is 0.686. The summed E-state index contributed by atoms with van der Waals surface area (Å²) in [5.41, 5.74) is 0. The van der Waals surface area contributed by atoms with Gasteiger partial charge in [0.05, 0.1) is 0 Å². The van der Waals surface area contributed by atoms with Crippen LogP contribution in [0.5, 0.6) is 0 Å². The van der Waals surface area contributed by atoms with Gasteiger partial charge < -0.3 is 10.2 Å². The first-order valence-corrected chi connectivity index (χ1v) is 7.88. The van der Waals surface area contributed by atoms with Crippen molar-refractivity contribution >= 4 is 11.8 Å². The molecule has 0 saturated carbocycles. The van der Waals surface area contributed by atoms with E-state index in [0.29, 0.717) is 6.04 Å². The van der Waals surface area contributed by atoms with E-state index in [4.69, 9.17) is 0 Å². The van der Waals surface area contributed by atoms with Crippen molar-refractivity contribution < 1.29 is 0 Å². The average Bonchev–Trinajstić information content (AvgIpc) is 2.30. The number of rotatable bonds is 7. The van der Waals surface area contributed by atoms with Crippen LogP contribution in [-0.2, 0) is 0 Å². The summed E-state index contributed by atoms with van der Waals surface area (Å²) in [6.07, 6.45) is 3.90. The van der Waals surface area contributed by atoms with E-state index in [0.717, 1.165) is 11.8 Å². The lowest BCUT2D eigenvalue weighted by molar-refractivity contribution is 0.275. The number of hydrogen-bond acceptors (Lipinski definition) is 3. The molecular weight excluding hydrogens is 216 g/mol. The molecule has 0 aromatic rings. The third-order valence-electron chi connectivity index (χ3n) is 3.32. The van der Waals surface area contributed by atoms with Crippen LogP contribution in [0.3, 0.4) is 0 Å². The third-order valence-corrected chi connectivity index (χ3v) is 4.69. The molecule has 0 radical (unpaired) electrons. The molecule has 1 aliphatic rings. The second kappa shape index (κ2) is 8.37. The van der Waals surface area contributed by atoms with Crippen molar-refractivity contribution in [2.24, 2.45) is 0 Å². The maximum absolute atomic E-state index is 3.62. The highest BCUT2D eigenvalue weighted by molar-refractivity contribution is 8.00. The Morgan fingerprint density at radius 3 is 2.94 bits per heavy atom. The SMILES string of the molecule is CCCC(C)NCCN1CCSC(CC)C1. The Morgan fingerprint density at radius 2 is 2.25 bits per heavy atom. The van der Waals surface area contributed by atoms with E-state index < -0.39 is 0 Å². The van der Waals surface area contributed by atoms with Crippen molar-refractivity contribution in [2.75, 3.05) is 31.9 Å². The molecule has 0 amide bonds. The van der Waals surface area contributed by atoms with Gasteiger partial charge in [0.15, 0.2) is 0 Å². The van der Waals surface area contributed by atoms with Gasteiger partial charge in [0.2, 0.25) is 0 Å². The lowest BCUT2D eigenvalue weighted by atomic mass is 10.2. The predicted octanol–water partition coefficient (Wildman–Crippen LogP) is 2.59. The molecule has 1 rings (SSSR count). The summed E-state index contributed by atoms with van der Waals surface area (Å²) in [6, 6.07) is 0.686. The normalized spacial score (nSPS) is 24.6. The van der Waals surface area contributed by atoms with E-state index in [1.165, 1.54) is 44.6 Å². The van der Waals surface area contributed by atoms with Gasteiger partial charge in [0.1, 0.15) is 0 Å². The molecule has 1 heterocycles. The minimum Gasteiger partial charge on any atom is -0.313 e. The van der Waals surface area contributed by atoms with Gasteiger partial charge in [0, 0.05) is 43.2 Å². The molecular formula is C13H28N2S. The molecule has 96 valence electrons. The number of hydrogen-bond donors (Lipinski definition) is 1. The highest BCUT2D eigenvalue weighted by atomic mass is 32.2. The Hall–Kier alpha value is 0.270. The monoisotopic (exact) mass is 244 g/mol. The molecule has 0 bridgehead atoms. The number of thioether (sulfide) groups is 1. The van der Waals surface area contributed by atoms with E-state index in [1.807, 2.05) is 0 Å². The molecule has 2 unspecified atom stereocenters. The van der Waals surface area contributed by atoms with Crippen LogP contribution in [0.25, 0.3) is 0 Å². The van der Waals surface area contributed by atoms with Gasteiger partial charge in [-0.1, -0.05) is 20.3 Å². The largest absolute Gasteiger partial charge is 0.313 e. The van der Waals surface area contributed by atoms with Crippen LogP contribution in [0.4, 0.5) is 0 Å². The Kier molecular flexibility index (Phi) is 7.50. The number of nitrogens with zero attached hydrogens (tertiary/aromatic N) is 1. The smallest absolute Gasteiger partial charge is 0.0172 e. The van der Waals surface area contributed by atoms with Crippen LogP contribution in [0.1, 0.15) is 40.0 Å². The van der Waals surface area contributed by atoms with Gasteiger partial charge in [-0.15, -0.1) is 0 Å². The summed E-state index contributed by atoms with van der Waals surface area (Å²) in [5.74, 6) is 1.32. The molecule has 1 fully saturated rings. The topological polar surface area (TPSA) is 15.3 Å². The molecule has 1 N–H and O–H groups in total. The van der Waals surface area contributed by atoms with E-state index in [2.05, 4.69) is 42.7 Å². The molecule has 0 aliphatic carbocycles. The second-order valence-corrected chi connectivity index (χ2v) is 6.25. The predicted molar refractivity (Wildman–Crippen MR) is 75.3 cm³/mol. The zero-order valence-electron chi connectivity index (χ0n) is 11.2. The lowest BCUT2D eigenvalue weighted by Gasteiger charge is -2.32. The van der Waals surface area contributed by atoms with Gasteiger partial charge >= 0.3 is 0 Å². The van der Waals surface area contributed by atoms with Crippen molar-refractivity contribution in [3.8, 4) is 0 Å². The summed E-state index contributed by atoms with van der Waals surface area (Å²) in [5, 5.41) is 4.49. The fraction of sp³-hybridized carbons (Fsp3) is 1.00. The van der Waals surface area contributed by atoms with E-state index in [1.54, 1.807) is 0 Å². The van der Waals surface area contributed by atoms with Crippen LogP contribution in [0.2, 0.25) is 0 Å². The zero-order chi connectivity index (χ0) is 11.8. The first kappa shape index (κ1) is 14.3. The number of nitrogens with one attached hydrogen (secondary N) is 1. The highest BCUT2D eigenvalue weighted by Crippen LogP contribution is 2.20. The summed E-state index contributed by atoms with van der Waals surface area (Å²) in [6.45, 7) is 11.8. The summed E-state index contributed by atoms with van der Waals surface area (Å²) in [4.78, 5) is 2.62. The minimum atomic E-state index is 0.686. The molecule has 2 atom stereocenters. The Bertz CT molecular complexity index is 175. The maximum Gasteiger partial charge on any atom is 0.0172 e. The van der Waals surface area contributed by atoms with Crippen LogP contribution in [-0.4, -0.2) is 48.1 Å². The molecule has 0 spiro atoms. The molecule has 1 saturated heterocycles. The summed E-state index contributed by atoms with van der Waals surface area (Å²) in [7, 11) is 0. The fourth-order valence-electron chi connectivity index (χ4n) is 2.23. The van der Waals surface area contributed by atoms with Gasteiger partial charge in [-0.2, -0.15) is 11.8 Å². The van der Waals surface area contributed by atoms with Crippen molar-refractivity contribution in [1.29, 1.82) is 0 Å².